The first-order valence-electron chi connectivity index (χ1n) is 11.4. The van der Waals surface area contributed by atoms with E-state index in [1.165, 1.54) is 18.3 Å². The molecule has 0 aliphatic rings. The van der Waals surface area contributed by atoms with Crippen molar-refractivity contribution in [2.24, 2.45) is 11.0 Å². The summed E-state index contributed by atoms with van der Waals surface area (Å²) in [5, 5.41) is 4.00. The van der Waals surface area contributed by atoms with Gasteiger partial charge in [-0.25, -0.2) is 13.8 Å². The molecule has 0 saturated carbocycles. The number of nitrogens with zero attached hydrogens (tertiary/aromatic N) is 2. The van der Waals surface area contributed by atoms with Crippen LogP contribution in [-0.4, -0.2) is 33.7 Å². The third-order valence-corrected chi connectivity index (χ3v) is 7.10. The Balaban J connectivity index is 1.75. The van der Waals surface area contributed by atoms with Gasteiger partial charge in [0, 0.05) is 0 Å². The van der Waals surface area contributed by atoms with Crippen LogP contribution in [-0.2, 0) is 14.8 Å². The number of carbonyl (C=O) groups excluding carboxylic acids is 1. The first kappa shape index (κ1) is 26.0. The van der Waals surface area contributed by atoms with Gasteiger partial charge in [-0.1, -0.05) is 44.2 Å². The highest BCUT2D eigenvalue weighted by atomic mass is 32.2. The fourth-order valence-electron chi connectivity index (χ4n) is 3.28. The van der Waals surface area contributed by atoms with E-state index in [2.05, 4.69) is 24.4 Å². The highest BCUT2D eigenvalue weighted by Crippen LogP contribution is 2.28. The number of aryl methyl sites for hydroxylation is 1. The number of anilines is 1. The Kier molecular flexibility index (Phi) is 8.65. The Bertz CT molecular complexity index is 1270. The number of hydrogen-bond acceptors (Lipinski definition) is 5. The average Bonchev–Trinajstić information content (AvgIpc) is 2.84. The van der Waals surface area contributed by atoms with Crippen LogP contribution in [0.25, 0.3) is 0 Å². The van der Waals surface area contributed by atoms with Gasteiger partial charge in [0.15, 0.2) is 0 Å². The summed E-state index contributed by atoms with van der Waals surface area (Å²) in [6, 6.07) is 20.8. The number of amides is 1. The van der Waals surface area contributed by atoms with E-state index < -0.39 is 22.5 Å². The number of benzene rings is 3. The third kappa shape index (κ3) is 6.93. The van der Waals surface area contributed by atoms with Gasteiger partial charge in [0.05, 0.1) is 23.4 Å². The summed E-state index contributed by atoms with van der Waals surface area (Å²) < 4.78 is 33.7. The zero-order valence-corrected chi connectivity index (χ0v) is 21.2. The van der Waals surface area contributed by atoms with Gasteiger partial charge in [-0.15, -0.1) is 0 Å². The first-order chi connectivity index (χ1) is 16.7. The van der Waals surface area contributed by atoms with Crippen LogP contribution in [0, 0.1) is 19.8 Å². The maximum absolute atomic E-state index is 13.4. The Morgan fingerprint density at radius 1 is 1.00 bits per heavy atom. The van der Waals surface area contributed by atoms with Crippen molar-refractivity contribution >= 4 is 27.8 Å². The molecule has 0 heterocycles. The molecule has 3 rings (SSSR count). The van der Waals surface area contributed by atoms with Gasteiger partial charge < -0.3 is 4.74 Å². The standard InChI is InChI=1S/C27H31N3O4S/c1-20(2)19-34-24-15-13-23(14-16-24)17-28-29-27(31)18-30(26-12-8-9-21(3)22(26)4)35(32,33)25-10-6-5-7-11-25/h5-17,20H,18-19H2,1-4H3,(H,29,31)/b28-17-. The first-order valence-corrected chi connectivity index (χ1v) is 12.8. The molecular formula is C27H31N3O4S. The number of sulfonamides is 1. The molecule has 184 valence electrons. The number of ether oxygens (including phenoxy) is 1. The van der Waals surface area contributed by atoms with Crippen molar-refractivity contribution in [3.8, 4) is 5.75 Å². The molecule has 35 heavy (non-hydrogen) atoms. The molecule has 3 aromatic rings. The Morgan fingerprint density at radius 2 is 1.69 bits per heavy atom. The molecule has 1 amide bonds. The van der Waals surface area contributed by atoms with Gasteiger partial charge in [0.2, 0.25) is 0 Å². The molecule has 0 aliphatic heterocycles. The van der Waals surface area contributed by atoms with Gasteiger partial charge in [-0.05, 0) is 78.9 Å². The number of carbonyl (C=O) groups is 1. The molecule has 1 N–H and O–H groups in total. The lowest BCUT2D eigenvalue weighted by Crippen LogP contribution is -2.40. The minimum absolute atomic E-state index is 0.108. The normalized spacial score (nSPS) is 11.6. The van der Waals surface area contributed by atoms with Crippen molar-refractivity contribution < 1.29 is 17.9 Å². The minimum Gasteiger partial charge on any atom is -0.493 e. The maximum Gasteiger partial charge on any atom is 0.264 e. The van der Waals surface area contributed by atoms with Crippen molar-refractivity contribution in [3.05, 3.63) is 89.5 Å². The molecule has 0 atom stereocenters. The van der Waals surface area contributed by atoms with Crippen LogP contribution >= 0.6 is 0 Å². The number of nitrogens with one attached hydrogen (secondary N) is 1. The monoisotopic (exact) mass is 493 g/mol. The molecular weight excluding hydrogens is 462 g/mol. The molecule has 0 fully saturated rings. The molecule has 3 aromatic carbocycles. The second-order valence-corrected chi connectivity index (χ2v) is 10.5. The van der Waals surface area contributed by atoms with Gasteiger partial charge in [0.25, 0.3) is 15.9 Å². The van der Waals surface area contributed by atoms with Crippen LogP contribution in [0.4, 0.5) is 5.69 Å². The molecule has 0 saturated heterocycles. The lowest BCUT2D eigenvalue weighted by atomic mass is 10.1. The van der Waals surface area contributed by atoms with Crippen molar-refractivity contribution in [3.63, 3.8) is 0 Å². The lowest BCUT2D eigenvalue weighted by Gasteiger charge is -2.26. The van der Waals surface area contributed by atoms with Crippen LogP contribution in [0.2, 0.25) is 0 Å². The molecule has 0 aromatic heterocycles. The molecule has 0 bridgehead atoms. The lowest BCUT2D eigenvalue weighted by molar-refractivity contribution is -0.119. The topological polar surface area (TPSA) is 88.1 Å². The van der Waals surface area contributed by atoms with E-state index in [1.54, 1.807) is 30.3 Å². The third-order valence-electron chi connectivity index (χ3n) is 5.33. The van der Waals surface area contributed by atoms with Gasteiger partial charge in [-0.2, -0.15) is 5.10 Å². The highest BCUT2D eigenvalue weighted by molar-refractivity contribution is 7.92. The average molecular weight is 494 g/mol. The highest BCUT2D eigenvalue weighted by Gasteiger charge is 2.28. The van der Waals surface area contributed by atoms with E-state index in [-0.39, 0.29) is 4.90 Å². The second-order valence-electron chi connectivity index (χ2n) is 8.61. The summed E-state index contributed by atoms with van der Waals surface area (Å²) in [5.74, 6) is 0.633. The Labute approximate surface area is 207 Å². The van der Waals surface area contributed by atoms with Crippen LogP contribution in [0.5, 0.6) is 5.75 Å². The summed E-state index contributed by atoms with van der Waals surface area (Å²) in [6.07, 6.45) is 1.50. The largest absolute Gasteiger partial charge is 0.493 e. The van der Waals surface area contributed by atoms with Crippen LogP contribution < -0.4 is 14.5 Å². The summed E-state index contributed by atoms with van der Waals surface area (Å²) in [6.45, 7) is 8.11. The van der Waals surface area contributed by atoms with Crippen molar-refractivity contribution in [1.82, 2.24) is 5.43 Å². The van der Waals surface area contributed by atoms with E-state index in [0.717, 1.165) is 26.7 Å². The van der Waals surface area contributed by atoms with Crippen molar-refractivity contribution in [1.29, 1.82) is 0 Å². The zero-order valence-electron chi connectivity index (χ0n) is 20.4. The summed E-state index contributed by atoms with van der Waals surface area (Å²) in [7, 11) is -3.98. The molecule has 0 radical (unpaired) electrons. The summed E-state index contributed by atoms with van der Waals surface area (Å²) >= 11 is 0. The summed E-state index contributed by atoms with van der Waals surface area (Å²) in [5.41, 5.74) is 5.36. The van der Waals surface area contributed by atoms with E-state index in [1.807, 2.05) is 44.2 Å². The van der Waals surface area contributed by atoms with E-state index in [4.69, 9.17) is 4.74 Å². The quantitative estimate of drug-likeness (QED) is 0.328. The van der Waals surface area contributed by atoms with Crippen molar-refractivity contribution in [2.45, 2.75) is 32.6 Å². The van der Waals surface area contributed by atoms with Crippen LogP contribution in [0.15, 0.2) is 82.8 Å². The predicted molar refractivity (Wildman–Crippen MR) is 139 cm³/mol. The van der Waals surface area contributed by atoms with Crippen LogP contribution in [0.3, 0.4) is 0 Å². The second kappa shape index (κ2) is 11.7. The smallest absolute Gasteiger partial charge is 0.264 e. The molecule has 0 unspecified atom stereocenters. The van der Waals surface area contributed by atoms with Gasteiger partial charge in [0.1, 0.15) is 12.3 Å². The number of hydrazone groups is 1. The maximum atomic E-state index is 13.4. The number of rotatable bonds is 10. The molecule has 7 nitrogen and oxygen atoms in total. The molecule has 0 aliphatic carbocycles. The van der Waals surface area contributed by atoms with Gasteiger partial charge >= 0.3 is 0 Å². The zero-order chi connectivity index (χ0) is 25.4. The van der Waals surface area contributed by atoms with E-state index >= 15 is 0 Å². The van der Waals surface area contributed by atoms with Crippen LogP contribution in [0.1, 0.15) is 30.5 Å². The fourth-order valence-corrected chi connectivity index (χ4v) is 4.78. The van der Waals surface area contributed by atoms with E-state index in [0.29, 0.717) is 18.2 Å². The van der Waals surface area contributed by atoms with Crippen molar-refractivity contribution in [2.75, 3.05) is 17.5 Å². The number of hydrogen-bond donors (Lipinski definition) is 1. The predicted octanol–water partition coefficient (Wildman–Crippen LogP) is 4.68. The minimum atomic E-state index is -3.98. The SMILES string of the molecule is Cc1cccc(N(CC(=O)N/N=C\c2ccc(OCC(C)C)cc2)S(=O)(=O)c2ccccc2)c1C. The fraction of sp³-hybridized carbons (Fsp3) is 0.259. The molecule has 8 heteroatoms. The Morgan fingerprint density at radius 3 is 2.34 bits per heavy atom. The molecule has 0 spiro atoms. The summed E-state index contributed by atoms with van der Waals surface area (Å²) in [4.78, 5) is 12.9. The van der Waals surface area contributed by atoms with E-state index in [9.17, 15) is 13.2 Å². The Hall–Kier alpha value is -3.65. The van der Waals surface area contributed by atoms with Gasteiger partial charge in [-0.3, -0.25) is 9.10 Å².